The number of anilines is 1. The molecule has 1 heterocycles. The molecule has 1 atom stereocenters. The zero-order valence-electron chi connectivity index (χ0n) is 15.0. The summed E-state index contributed by atoms with van der Waals surface area (Å²) in [6.45, 7) is 5.77. The van der Waals surface area contributed by atoms with Crippen LogP contribution in [0.2, 0.25) is 5.02 Å². The molecule has 6 heteroatoms. The minimum Gasteiger partial charge on any atom is -0.462 e. The van der Waals surface area contributed by atoms with Crippen LogP contribution in [0.1, 0.15) is 23.6 Å². The van der Waals surface area contributed by atoms with Gasteiger partial charge in [0.2, 0.25) is 0 Å². The highest BCUT2D eigenvalue weighted by Crippen LogP contribution is 2.32. The van der Waals surface area contributed by atoms with E-state index in [4.69, 9.17) is 16.3 Å². The summed E-state index contributed by atoms with van der Waals surface area (Å²) < 4.78 is 5.02. The number of benzene rings is 2. The van der Waals surface area contributed by atoms with Crippen LogP contribution in [0.15, 0.2) is 47.5 Å². The zero-order chi connectivity index (χ0) is 18.9. The lowest BCUT2D eigenvalue weighted by atomic mass is 10.1. The third-order valence-corrected chi connectivity index (χ3v) is 4.53. The first-order chi connectivity index (χ1) is 12.3. The first-order valence-corrected chi connectivity index (χ1v) is 8.82. The number of aliphatic imine (C=N–C) groups is 1. The largest absolute Gasteiger partial charge is 0.462 e. The lowest BCUT2D eigenvalue weighted by Crippen LogP contribution is -2.44. The second kappa shape index (κ2) is 7.09. The quantitative estimate of drug-likeness (QED) is 0.835. The van der Waals surface area contributed by atoms with Gasteiger partial charge in [0.15, 0.2) is 0 Å². The van der Waals surface area contributed by atoms with E-state index in [1.807, 2.05) is 49.1 Å². The van der Waals surface area contributed by atoms with Crippen molar-refractivity contribution in [3.8, 4) is 0 Å². The summed E-state index contributed by atoms with van der Waals surface area (Å²) in [5, 5.41) is 11.4. The van der Waals surface area contributed by atoms with Crippen LogP contribution >= 0.6 is 11.6 Å². The molecule has 0 saturated carbocycles. The van der Waals surface area contributed by atoms with Gasteiger partial charge >= 0.3 is 5.97 Å². The first-order valence-electron chi connectivity index (χ1n) is 8.44. The Morgan fingerprint density at radius 2 is 1.96 bits per heavy atom. The van der Waals surface area contributed by atoms with E-state index in [2.05, 4.69) is 4.99 Å². The summed E-state index contributed by atoms with van der Waals surface area (Å²) >= 11 is 6.17. The van der Waals surface area contributed by atoms with Crippen molar-refractivity contribution in [2.75, 3.05) is 18.1 Å². The maximum absolute atomic E-state index is 12.3. The van der Waals surface area contributed by atoms with Crippen LogP contribution in [0.25, 0.3) is 0 Å². The van der Waals surface area contributed by atoms with Crippen LogP contribution in [0.4, 0.5) is 5.69 Å². The van der Waals surface area contributed by atoms with Crippen LogP contribution in [-0.2, 0) is 9.53 Å². The Labute approximate surface area is 157 Å². The number of β-amino-alcohol motifs (C(OH)–C–C–N with tert-alkyl or cyclic N) is 1. The van der Waals surface area contributed by atoms with Crippen LogP contribution in [0, 0.1) is 13.8 Å². The van der Waals surface area contributed by atoms with E-state index in [1.54, 1.807) is 19.1 Å². The normalized spacial score (nSPS) is 19.4. The third kappa shape index (κ3) is 3.45. The summed E-state index contributed by atoms with van der Waals surface area (Å²) in [4.78, 5) is 18.5. The second-order valence-electron chi connectivity index (χ2n) is 6.36. The maximum atomic E-state index is 12.3. The Kier molecular flexibility index (Phi) is 5.03. The van der Waals surface area contributed by atoms with Crippen LogP contribution in [0.5, 0.6) is 0 Å². The molecule has 0 aliphatic carbocycles. The minimum absolute atomic E-state index is 0.0315. The topological polar surface area (TPSA) is 62.1 Å². The van der Waals surface area contributed by atoms with Crippen molar-refractivity contribution in [3.63, 3.8) is 0 Å². The molecule has 5 nitrogen and oxygen atoms in total. The molecule has 1 aliphatic heterocycles. The summed E-state index contributed by atoms with van der Waals surface area (Å²) in [7, 11) is 0. The number of carbonyl (C=O) groups is 1. The van der Waals surface area contributed by atoms with Gasteiger partial charge in [-0.05, 0) is 38.5 Å². The highest BCUT2D eigenvalue weighted by molar-refractivity contribution is 6.31. The first kappa shape index (κ1) is 18.4. The van der Waals surface area contributed by atoms with Gasteiger partial charge in [-0.2, -0.15) is 0 Å². The van der Waals surface area contributed by atoms with E-state index < -0.39 is 11.7 Å². The Morgan fingerprint density at radius 3 is 2.62 bits per heavy atom. The molecule has 0 saturated heterocycles. The van der Waals surface area contributed by atoms with E-state index in [1.165, 1.54) is 0 Å². The number of aryl methyl sites for hydroxylation is 2. The fourth-order valence-corrected chi connectivity index (χ4v) is 3.09. The number of esters is 1. The van der Waals surface area contributed by atoms with Crippen molar-refractivity contribution in [1.82, 2.24) is 0 Å². The summed E-state index contributed by atoms with van der Waals surface area (Å²) in [5.41, 5.74) is 1.71. The molecule has 2 aromatic rings. The van der Waals surface area contributed by atoms with Crippen LogP contribution in [0.3, 0.4) is 0 Å². The minimum atomic E-state index is -1.95. The number of rotatable bonds is 4. The molecule has 1 unspecified atom stereocenters. The van der Waals surface area contributed by atoms with Crippen molar-refractivity contribution in [2.45, 2.75) is 26.5 Å². The number of carbonyl (C=O) groups excluding carboxylic acids is 1. The highest BCUT2D eigenvalue weighted by Gasteiger charge is 2.46. The number of halogens is 1. The number of amidine groups is 1. The van der Waals surface area contributed by atoms with E-state index >= 15 is 0 Å². The van der Waals surface area contributed by atoms with Gasteiger partial charge in [0.25, 0.3) is 5.72 Å². The zero-order valence-corrected chi connectivity index (χ0v) is 15.7. The van der Waals surface area contributed by atoms with E-state index in [0.717, 1.165) is 22.4 Å². The number of nitrogens with zero attached hydrogens (tertiary/aromatic N) is 2. The number of aliphatic hydroxyl groups is 1. The van der Waals surface area contributed by atoms with Gasteiger partial charge in [-0.25, -0.2) is 9.79 Å². The highest BCUT2D eigenvalue weighted by atomic mass is 35.5. The fraction of sp³-hybridized carbons (Fsp3) is 0.300. The summed E-state index contributed by atoms with van der Waals surface area (Å²) in [6.07, 6.45) is 0. The number of hydrogen-bond acceptors (Lipinski definition) is 5. The molecular weight excluding hydrogens is 352 g/mol. The van der Waals surface area contributed by atoms with Crippen molar-refractivity contribution in [3.05, 3.63) is 64.2 Å². The van der Waals surface area contributed by atoms with Gasteiger partial charge in [0.05, 0.1) is 13.2 Å². The Morgan fingerprint density at radius 1 is 1.27 bits per heavy atom. The molecular formula is C20H21ClN2O3. The monoisotopic (exact) mass is 372 g/mol. The standard InChI is InChI=1S/C20H21ClN2O3/c1-4-26-19(24)20(25)12-23(17-11-16(21)10-7-14(17)3)18(22-20)15-8-5-13(2)6-9-15/h5-11,25H,4,12H2,1-3H3. The van der Waals surface area contributed by atoms with Crippen molar-refractivity contribution >= 4 is 29.1 Å². The summed E-state index contributed by atoms with van der Waals surface area (Å²) in [5.74, 6) is -0.252. The maximum Gasteiger partial charge on any atom is 0.363 e. The van der Waals surface area contributed by atoms with Crippen LogP contribution < -0.4 is 4.90 Å². The molecule has 0 aromatic heterocycles. The van der Waals surface area contributed by atoms with E-state index in [9.17, 15) is 9.90 Å². The summed E-state index contributed by atoms with van der Waals surface area (Å²) in [6, 6.07) is 13.3. The average molecular weight is 373 g/mol. The molecule has 0 radical (unpaired) electrons. The lowest BCUT2D eigenvalue weighted by Gasteiger charge is -2.25. The molecule has 0 amide bonds. The molecule has 26 heavy (non-hydrogen) atoms. The Balaban J connectivity index is 2.10. The number of hydrogen-bond donors (Lipinski definition) is 1. The van der Waals surface area contributed by atoms with Crippen molar-refractivity contribution < 1.29 is 14.6 Å². The Hall–Kier alpha value is -2.37. The van der Waals surface area contributed by atoms with Gasteiger partial charge in [-0.1, -0.05) is 47.5 Å². The molecule has 0 fully saturated rings. The predicted molar refractivity (Wildman–Crippen MR) is 103 cm³/mol. The average Bonchev–Trinajstić information content (AvgIpc) is 2.97. The van der Waals surface area contributed by atoms with E-state index in [-0.39, 0.29) is 13.2 Å². The van der Waals surface area contributed by atoms with Gasteiger partial charge < -0.3 is 14.7 Å². The van der Waals surface area contributed by atoms with Gasteiger partial charge in [-0.15, -0.1) is 0 Å². The molecule has 2 aromatic carbocycles. The second-order valence-corrected chi connectivity index (χ2v) is 6.79. The molecule has 0 spiro atoms. The van der Waals surface area contributed by atoms with Gasteiger partial charge in [-0.3, -0.25) is 0 Å². The molecule has 0 bridgehead atoms. The Bertz CT molecular complexity index is 864. The molecule has 1 aliphatic rings. The molecule has 3 rings (SSSR count). The van der Waals surface area contributed by atoms with Crippen LogP contribution in [-0.4, -0.2) is 35.8 Å². The smallest absolute Gasteiger partial charge is 0.363 e. The van der Waals surface area contributed by atoms with Crippen molar-refractivity contribution in [2.24, 2.45) is 4.99 Å². The van der Waals surface area contributed by atoms with E-state index in [0.29, 0.717) is 10.9 Å². The molecule has 1 N–H and O–H groups in total. The van der Waals surface area contributed by atoms with Gasteiger partial charge in [0, 0.05) is 16.3 Å². The number of ether oxygens (including phenoxy) is 1. The molecule has 136 valence electrons. The third-order valence-electron chi connectivity index (χ3n) is 4.30. The van der Waals surface area contributed by atoms with Crippen molar-refractivity contribution in [1.29, 1.82) is 0 Å². The SMILES string of the molecule is CCOC(=O)C1(O)CN(c2cc(Cl)ccc2C)C(c2ccc(C)cc2)=N1. The lowest BCUT2D eigenvalue weighted by molar-refractivity contribution is -0.162. The fourth-order valence-electron chi connectivity index (χ4n) is 2.92. The predicted octanol–water partition coefficient (Wildman–Crippen LogP) is 3.48. The van der Waals surface area contributed by atoms with Gasteiger partial charge in [0.1, 0.15) is 5.84 Å².